The van der Waals surface area contributed by atoms with E-state index in [-0.39, 0.29) is 23.7 Å². The molecule has 126 valence electrons. The highest BCUT2D eigenvalue weighted by Crippen LogP contribution is 2.34. The summed E-state index contributed by atoms with van der Waals surface area (Å²) in [7, 11) is 4.36. The SMILES string of the molecule is COc1cc(OC)c(C(=O)OCC(=O)c2ccccc2)cc1OC. The molecule has 6 nitrogen and oxygen atoms in total. The van der Waals surface area contributed by atoms with E-state index in [1.165, 1.54) is 33.5 Å². The van der Waals surface area contributed by atoms with Gasteiger partial charge in [-0.05, 0) is 0 Å². The van der Waals surface area contributed by atoms with Crippen molar-refractivity contribution in [2.45, 2.75) is 0 Å². The van der Waals surface area contributed by atoms with Crippen LogP contribution in [0.25, 0.3) is 0 Å². The highest BCUT2D eigenvalue weighted by atomic mass is 16.5. The molecule has 0 spiro atoms. The number of ether oxygens (including phenoxy) is 4. The van der Waals surface area contributed by atoms with E-state index < -0.39 is 5.97 Å². The minimum Gasteiger partial charge on any atom is -0.496 e. The van der Waals surface area contributed by atoms with Gasteiger partial charge in [-0.1, -0.05) is 30.3 Å². The van der Waals surface area contributed by atoms with Gasteiger partial charge in [0.1, 0.15) is 11.3 Å². The molecule has 0 bridgehead atoms. The average Bonchev–Trinajstić information content (AvgIpc) is 2.65. The van der Waals surface area contributed by atoms with Crippen LogP contribution in [0.5, 0.6) is 17.2 Å². The van der Waals surface area contributed by atoms with E-state index in [0.717, 1.165) is 0 Å². The van der Waals surface area contributed by atoms with Crippen LogP contribution in [-0.4, -0.2) is 39.7 Å². The second-order valence-electron chi connectivity index (χ2n) is 4.77. The molecule has 2 rings (SSSR count). The van der Waals surface area contributed by atoms with E-state index in [0.29, 0.717) is 17.1 Å². The fourth-order valence-corrected chi connectivity index (χ4v) is 2.10. The summed E-state index contributed by atoms with van der Waals surface area (Å²) in [6.45, 7) is -0.361. The molecular weight excluding hydrogens is 312 g/mol. The Morgan fingerprint density at radius 3 is 2.00 bits per heavy atom. The van der Waals surface area contributed by atoms with Crippen LogP contribution in [0.1, 0.15) is 20.7 Å². The van der Waals surface area contributed by atoms with Crippen molar-refractivity contribution in [1.82, 2.24) is 0 Å². The van der Waals surface area contributed by atoms with Crippen LogP contribution >= 0.6 is 0 Å². The zero-order valence-electron chi connectivity index (χ0n) is 13.7. The van der Waals surface area contributed by atoms with Crippen LogP contribution in [0, 0.1) is 0 Å². The molecule has 0 saturated carbocycles. The van der Waals surface area contributed by atoms with E-state index in [2.05, 4.69) is 0 Å². The third kappa shape index (κ3) is 3.84. The van der Waals surface area contributed by atoms with Gasteiger partial charge in [0.05, 0.1) is 21.3 Å². The van der Waals surface area contributed by atoms with Gasteiger partial charge in [-0.15, -0.1) is 0 Å². The van der Waals surface area contributed by atoms with Gasteiger partial charge in [0.25, 0.3) is 0 Å². The van der Waals surface area contributed by atoms with Crippen molar-refractivity contribution in [2.75, 3.05) is 27.9 Å². The Hall–Kier alpha value is -3.02. The molecule has 0 aliphatic rings. The first-order valence-electron chi connectivity index (χ1n) is 7.16. The Morgan fingerprint density at radius 1 is 0.833 bits per heavy atom. The standard InChI is InChI=1S/C18H18O6/c1-21-15-10-17(23-3)16(22-2)9-13(15)18(20)24-11-14(19)12-7-5-4-6-8-12/h4-10H,11H2,1-3H3. The molecule has 0 aliphatic heterocycles. The van der Waals surface area contributed by atoms with Crippen molar-refractivity contribution < 1.29 is 28.5 Å². The quantitative estimate of drug-likeness (QED) is 0.574. The predicted molar refractivity (Wildman–Crippen MR) is 87.2 cm³/mol. The Labute approximate surface area is 139 Å². The van der Waals surface area contributed by atoms with Gasteiger partial charge in [0.15, 0.2) is 23.9 Å². The van der Waals surface area contributed by atoms with Crippen molar-refractivity contribution in [1.29, 1.82) is 0 Å². The van der Waals surface area contributed by atoms with Crippen LogP contribution < -0.4 is 14.2 Å². The van der Waals surface area contributed by atoms with Crippen molar-refractivity contribution in [3.63, 3.8) is 0 Å². The lowest BCUT2D eigenvalue weighted by molar-refractivity contribution is 0.0471. The number of esters is 1. The van der Waals surface area contributed by atoms with Crippen molar-refractivity contribution in [2.24, 2.45) is 0 Å². The van der Waals surface area contributed by atoms with Gasteiger partial charge in [-0.25, -0.2) is 4.79 Å². The van der Waals surface area contributed by atoms with Gasteiger partial charge < -0.3 is 18.9 Å². The maximum absolute atomic E-state index is 12.3. The van der Waals surface area contributed by atoms with E-state index in [4.69, 9.17) is 18.9 Å². The zero-order valence-corrected chi connectivity index (χ0v) is 13.7. The summed E-state index contributed by atoms with van der Waals surface area (Å²) in [5.74, 6) is 0.0798. The number of hydrogen-bond donors (Lipinski definition) is 0. The van der Waals surface area contributed by atoms with Crippen molar-refractivity contribution >= 4 is 11.8 Å². The molecule has 0 heterocycles. The molecule has 2 aromatic rings. The first-order valence-corrected chi connectivity index (χ1v) is 7.16. The Balaban J connectivity index is 2.16. The lowest BCUT2D eigenvalue weighted by Gasteiger charge is -2.13. The number of rotatable bonds is 7. The molecule has 2 aromatic carbocycles. The largest absolute Gasteiger partial charge is 0.496 e. The molecule has 0 unspecified atom stereocenters. The topological polar surface area (TPSA) is 71.1 Å². The predicted octanol–water partition coefficient (Wildman–Crippen LogP) is 2.75. The summed E-state index contributed by atoms with van der Waals surface area (Å²) in [6, 6.07) is 11.6. The van der Waals surface area contributed by atoms with Crippen molar-refractivity contribution in [3.8, 4) is 17.2 Å². The monoisotopic (exact) mass is 330 g/mol. The summed E-state index contributed by atoms with van der Waals surface area (Å²) < 4.78 is 20.6. The molecule has 0 radical (unpaired) electrons. The molecule has 0 fully saturated rings. The lowest BCUT2D eigenvalue weighted by Crippen LogP contribution is -2.15. The lowest BCUT2D eigenvalue weighted by atomic mass is 10.1. The summed E-state index contributed by atoms with van der Waals surface area (Å²) in [5.41, 5.74) is 0.626. The summed E-state index contributed by atoms with van der Waals surface area (Å²) >= 11 is 0. The van der Waals surface area contributed by atoms with Crippen LogP contribution in [0.2, 0.25) is 0 Å². The summed E-state index contributed by atoms with van der Waals surface area (Å²) in [4.78, 5) is 24.3. The average molecular weight is 330 g/mol. The Morgan fingerprint density at radius 2 is 1.42 bits per heavy atom. The Kier molecular flexibility index (Phi) is 5.78. The van der Waals surface area contributed by atoms with Gasteiger partial charge in [0.2, 0.25) is 0 Å². The number of methoxy groups -OCH3 is 3. The van der Waals surface area contributed by atoms with E-state index in [1.807, 2.05) is 0 Å². The minimum atomic E-state index is -0.683. The molecule has 0 amide bonds. The molecule has 0 N–H and O–H groups in total. The third-order valence-corrected chi connectivity index (χ3v) is 3.36. The fourth-order valence-electron chi connectivity index (χ4n) is 2.10. The molecule has 0 atom stereocenters. The highest BCUT2D eigenvalue weighted by Gasteiger charge is 2.20. The maximum atomic E-state index is 12.3. The normalized spacial score (nSPS) is 9.96. The number of carbonyl (C=O) groups is 2. The fraction of sp³-hybridized carbons (Fsp3) is 0.222. The minimum absolute atomic E-state index is 0.149. The number of ketones is 1. The maximum Gasteiger partial charge on any atom is 0.342 e. The van der Waals surface area contributed by atoms with Crippen LogP contribution in [0.3, 0.4) is 0 Å². The van der Waals surface area contributed by atoms with Crippen LogP contribution in [0.15, 0.2) is 42.5 Å². The Bertz CT molecular complexity index is 724. The molecular formula is C18H18O6. The molecule has 0 aromatic heterocycles. The van der Waals surface area contributed by atoms with Crippen molar-refractivity contribution in [3.05, 3.63) is 53.6 Å². The zero-order chi connectivity index (χ0) is 17.5. The number of hydrogen-bond acceptors (Lipinski definition) is 6. The number of Topliss-reactive ketones (excluding diaryl/α,β-unsaturated/α-hetero) is 1. The second kappa shape index (κ2) is 8.01. The molecule has 24 heavy (non-hydrogen) atoms. The first-order chi connectivity index (χ1) is 11.6. The van der Waals surface area contributed by atoms with Gasteiger partial charge >= 0.3 is 5.97 Å². The smallest absolute Gasteiger partial charge is 0.342 e. The van der Waals surface area contributed by atoms with Gasteiger partial charge in [-0.2, -0.15) is 0 Å². The number of benzene rings is 2. The second-order valence-corrected chi connectivity index (χ2v) is 4.77. The summed E-state index contributed by atoms with van der Waals surface area (Å²) in [5, 5.41) is 0. The van der Waals surface area contributed by atoms with Crippen LogP contribution in [-0.2, 0) is 4.74 Å². The van der Waals surface area contributed by atoms with E-state index in [1.54, 1.807) is 30.3 Å². The molecule has 0 saturated heterocycles. The first kappa shape index (κ1) is 17.3. The number of carbonyl (C=O) groups excluding carboxylic acids is 2. The van der Waals surface area contributed by atoms with E-state index in [9.17, 15) is 9.59 Å². The summed E-state index contributed by atoms with van der Waals surface area (Å²) in [6.07, 6.45) is 0. The molecule has 0 aliphatic carbocycles. The highest BCUT2D eigenvalue weighted by molar-refractivity contribution is 6.00. The van der Waals surface area contributed by atoms with E-state index >= 15 is 0 Å². The van der Waals surface area contributed by atoms with Gasteiger partial charge in [0, 0.05) is 17.7 Å². The van der Waals surface area contributed by atoms with Crippen LogP contribution in [0.4, 0.5) is 0 Å². The third-order valence-electron chi connectivity index (χ3n) is 3.36. The van der Waals surface area contributed by atoms with Gasteiger partial charge in [-0.3, -0.25) is 4.79 Å². The molecule has 6 heteroatoms.